The number of nitriles is 1. The molecular formula is C19H26N2O. The van der Waals surface area contributed by atoms with E-state index in [9.17, 15) is 10.1 Å². The molecule has 1 aromatic rings. The van der Waals surface area contributed by atoms with E-state index in [1.54, 1.807) is 0 Å². The average molecular weight is 298 g/mol. The van der Waals surface area contributed by atoms with Gasteiger partial charge in [-0.3, -0.25) is 4.90 Å². The van der Waals surface area contributed by atoms with Crippen molar-refractivity contribution in [3.05, 3.63) is 35.9 Å². The van der Waals surface area contributed by atoms with Gasteiger partial charge in [-0.1, -0.05) is 50.6 Å². The molecule has 118 valence electrons. The Hall–Kier alpha value is -1.66. The van der Waals surface area contributed by atoms with Crippen molar-refractivity contribution >= 4 is 6.29 Å². The van der Waals surface area contributed by atoms with E-state index in [1.807, 2.05) is 18.2 Å². The summed E-state index contributed by atoms with van der Waals surface area (Å²) in [5.41, 5.74) is 1.25. The first kappa shape index (κ1) is 16.7. The number of aldehydes is 1. The van der Waals surface area contributed by atoms with E-state index in [0.717, 1.165) is 38.6 Å². The Morgan fingerprint density at radius 3 is 2.64 bits per heavy atom. The molecule has 3 nitrogen and oxygen atoms in total. The van der Waals surface area contributed by atoms with E-state index in [2.05, 4.69) is 36.9 Å². The smallest absolute Gasteiger partial charge is 0.123 e. The molecule has 2 rings (SSSR count). The van der Waals surface area contributed by atoms with Gasteiger partial charge in [0.2, 0.25) is 0 Å². The predicted octanol–water partition coefficient (Wildman–Crippen LogP) is 3.65. The van der Waals surface area contributed by atoms with Gasteiger partial charge in [-0.25, -0.2) is 0 Å². The van der Waals surface area contributed by atoms with E-state index in [1.165, 1.54) is 5.56 Å². The minimum Gasteiger partial charge on any atom is -0.303 e. The summed E-state index contributed by atoms with van der Waals surface area (Å²) >= 11 is 0. The zero-order valence-corrected chi connectivity index (χ0v) is 13.6. The Kier molecular flexibility index (Phi) is 6.15. The molecule has 4 unspecified atom stereocenters. The van der Waals surface area contributed by atoms with Crippen molar-refractivity contribution in [2.24, 2.45) is 17.8 Å². The van der Waals surface area contributed by atoms with Gasteiger partial charge in [0, 0.05) is 19.0 Å². The highest BCUT2D eigenvalue weighted by Crippen LogP contribution is 2.37. The lowest BCUT2D eigenvalue weighted by atomic mass is 9.71. The van der Waals surface area contributed by atoms with Crippen molar-refractivity contribution < 1.29 is 4.79 Å². The molecule has 0 bridgehead atoms. The highest BCUT2D eigenvalue weighted by atomic mass is 16.1. The quantitative estimate of drug-likeness (QED) is 0.753. The second-order valence-electron chi connectivity index (χ2n) is 6.26. The van der Waals surface area contributed by atoms with Crippen LogP contribution in [0, 0.1) is 29.1 Å². The maximum atomic E-state index is 11.4. The van der Waals surface area contributed by atoms with Crippen LogP contribution in [0.1, 0.15) is 38.7 Å². The molecule has 1 saturated heterocycles. The lowest BCUT2D eigenvalue weighted by Crippen LogP contribution is -2.49. The minimum absolute atomic E-state index is 0.0852. The fourth-order valence-electron chi connectivity index (χ4n) is 3.90. The molecule has 1 aliphatic heterocycles. The maximum Gasteiger partial charge on any atom is 0.123 e. The van der Waals surface area contributed by atoms with Crippen molar-refractivity contribution in [2.45, 2.75) is 45.7 Å². The van der Waals surface area contributed by atoms with Crippen LogP contribution >= 0.6 is 0 Å². The largest absolute Gasteiger partial charge is 0.303 e. The lowest BCUT2D eigenvalue weighted by molar-refractivity contribution is -0.114. The monoisotopic (exact) mass is 298 g/mol. The molecule has 0 N–H and O–H groups in total. The van der Waals surface area contributed by atoms with Gasteiger partial charge in [0.05, 0.1) is 6.07 Å². The van der Waals surface area contributed by atoms with Gasteiger partial charge >= 0.3 is 0 Å². The van der Waals surface area contributed by atoms with Gasteiger partial charge in [0.15, 0.2) is 0 Å². The normalized spacial score (nSPS) is 27.0. The molecule has 1 fully saturated rings. The van der Waals surface area contributed by atoms with Crippen molar-refractivity contribution in [1.82, 2.24) is 4.90 Å². The topological polar surface area (TPSA) is 44.1 Å². The van der Waals surface area contributed by atoms with Crippen molar-refractivity contribution in [1.29, 1.82) is 5.26 Å². The van der Waals surface area contributed by atoms with Crippen LogP contribution in [0.5, 0.6) is 0 Å². The number of hydrogen-bond acceptors (Lipinski definition) is 3. The molecule has 0 amide bonds. The molecule has 0 radical (unpaired) electrons. The maximum absolute atomic E-state index is 11.4. The molecule has 3 heteroatoms. The number of hydrogen-bond donors (Lipinski definition) is 0. The number of likely N-dealkylation sites (tertiary alicyclic amines) is 1. The van der Waals surface area contributed by atoms with Crippen LogP contribution in [0.3, 0.4) is 0 Å². The lowest BCUT2D eigenvalue weighted by Gasteiger charge is -2.44. The minimum atomic E-state index is -0.0852. The van der Waals surface area contributed by atoms with E-state index in [0.29, 0.717) is 5.92 Å². The number of carbonyl (C=O) groups excluding carboxylic acids is 1. The average Bonchev–Trinajstić information content (AvgIpc) is 2.57. The third kappa shape index (κ3) is 3.56. The van der Waals surface area contributed by atoms with Crippen LogP contribution < -0.4 is 0 Å². The summed E-state index contributed by atoms with van der Waals surface area (Å²) in [5.74, 6) is 0.737. The molecular weight excluding hydrogens is 272 g/mol. The second kappa shape index (κ2) is 8.10. The highest BCUT2D eigenvalue weighted by molar-refractivity contribution is 5.54. The molecule has 0 aromatic heterocycles. The number of benzene rings is 1. The SMILES string of the molecule is CCC(C=O)C1CCN(Cc2ccccc2)C(C#N)C1CC. The molecule has 1 aliphatic rings. The van der Waals surface area contributed by atoms with Crippen LogP contribution in [0.4, 0.5) is 0 Å². The molecule has 0 spiro atoms. The van der Waals surface area contributed by atoms with Gasteiger partial charge in [0.25, 0.3) is 0 Å². The molecule has 1 heterocycles. The first-order valence-electron chi connectivity index (χ1n) is 8.38. The summed E-state index contributed by atoms with van der Waals surface area (Å²) in [6.07, 6.45) is 3.95. The standard InChI is InChI=1S/C19H26N2O/c1-3-16(14-22)18-10-11-21(19(12-20)17(18)4-2)13-15-8-6-5-7-9-15/h5-9,14,16-19H,3-4,10-11,13H2,1-2H3. The molecule has 0 aliphatic carbocycles. The summed E-state index contributed by atoms with van der Waals surface area (Å²) in [7, 11) is 0. The number of nitrogens with zero attached hydrogens (tertiary/aromatic N) is 2. The summed E-state index contributed by atoms with van der Waals surface area (Å²) in [4.78, 5) is 13.7. The molecule has 4 atom stereocenters. The fraction of sp³-hybridized carbons (Fsp3) is 0.579. The van der Waals surface area contributed by atoms with Gasteiger partial charge in [-0.2, -0.15) is 5.26 Å². The molecule has 22 heavy (non-hydrogen) atoms. The van der Waals surface area contributed by atoms with Crippen LogP contribution in [0.15, 0.2) is 30.3 Å². The van der Waals surface area contributed by atoms with E-state index in [4.69, 9.17) is 0 Å². The first-order valence-corrected chi connectivity index (χ1v) is 8.38. The van der Waals surface area contributed by atoms with E-state index in [-0.39, 0.29) is 17.9 Å². The van der Waals surface area contributed by atoms with Crippen LogP contribution in [-0.4, -0.2) is 23.8 Å². The van der Waals surface area contributed by atoms with Gasteiger partial charge < -0.3 is 4.79 Å². The fourth-order valence-corrected chi connectivity index (χ4v) is 3.90. The molecule has 0 saturated carbocycles. The third-order valence-electron chi connectivity index (χ3n) is 5.13. The summed E-state index contributed by atoms with van der Waals surface area (Å²) < 4.78 is 0. The van der Waals surface area contributed by atoms with Gasteiger partial charge in [-0.15, -0.1) is 0 Å². The van der Waals surface area contributed by atoms with Crippen molar-refractivity contribution in [3.8, 4) is 6.07 Å². The Balaban J connectivity index is 2.16. The first-order chi connectivity index (χ1) is 10.7. The zero-order valence-electron chi connectivity index (χ0n) is 13.6. The zero-order chi connectivity index (χ0) is 15.9. The van der Waals surface area contributed by atoms with E-state index >= 15 is 0 Å². The summed E-state index contributed by atoms with van der Waals surface area (Å²) in [5, 5.41) is 9.71. The Morgan fingerprint density at radius 2 is 2.09 bits per heavy atom. The number of carbonyl (C=O) groups is 1. The third-order valence-corrected chi connectivity index (χ3v) is 5.13. The predicted molar refractivity (Wildman–Crippen MR) is 88.0 cm³/mol. The Bertz CT molecular complexity index is 508. The van der Waals surface area contributed by atoms with Crippen molar-refractivity contribution in [3.63, 3.8) is 0 Å². The van der Waals surface area contributed by atoms with E-state index < -0.39 is 0 Å². The van der Waals surface area contributed by atoms with Crippen molar-refractivity contribution in [2.75, 3.05) is 6.54 Å². The summed E-state index contributed by atoms with van der Waals surface area (Å²) in [6, 6.07) is 12.8. The number of piperidine rings is 1. The summed E-state index contributed by atoms with van der Waals surface area (Å²) in [6.45, 7) is 5.94. The Labute approximate surface area is 133 Å². The Morgan fingerprint density at radius 1 is 1.36 bits per heavy atom. The molecule has 1 aromatic carbocycles. The van der Waals surface area contributed by atoms with Gasteiger partial charge in [0.1, 0.15) is 12.3 Å². The highest BCUT2D eigenvalue weighted by Gasteiger charge is 2.39. The number of rotatable bonds is 6. The van der Waals surface area contributed by atoms with Crippen LogP contribution in [0.2, 0.25) is 0 Å². The van der Waals surface area contributed by atoms with Gasteiger partial charge in [-0.05, 0) is 30.2 Å². The van der Waals surface area contributed by atoms with Crippen LogP contribution in [-0.2, 0) is 11.3 Å². The van der Waals surface area contributed by atoms with Crippen LogP contribution in [0.25, 0.3) is 0 Å². The second-order valence-corrected chi connectivity index (χ2v) is 6.26.